The quantitative estimate of drug-likeness (QED) is 0.881. The zero-order valence-corrected chi connectivity index (χ0v) is 11.8. The van der Waals surface area contributed by atoms with Crippen LogP contribution in [0.15, 0.2) is 41.0 Å². The third-order valence-corrected chi connectivity index (χ3v) is 3.18. The Labute approximate surface area is 115 Å². The first-order valence-electron chi connectivity index (χ1n) is 5.75. The van der Waals surface area contributed by atoms with Gasteiger partial charge in [-0.05, 0) is 46.1 Å². The Morgan fingerprint density at radius 2 is 2.11 bits per heavy atom. The highest BCUT2D eigenvalue weighted by Crippen LogP contribution is 2.23. The van der Waals surface area contributed by atoms with E-state index < -0.39 is 0 Å². The van der Waals surface area contributed by atoms with Crippen LogP contribution in [0.1, 0.15) is 11.1 Å². The summed E-state index contributed by atoms with van der Waals surface area (Å²) in [5.41, 5.74) is 8.87. The molecule has 2 rings (SSSR count). The van der Waals surface area contributed by atoms with Crippen LogP contribution in [-0.4, -0.2) is 11.6 Å². The second kappa shape index (κ2) is 5.87. The topological polar surface area (TPSA) is 48.1 Å². The molecule has 2 N–H and O–H groups in total. The molecule has 2 aromatic rings. The maximum atomic E-state index is 5.87. The minimum atomic E-state index is 0.558. The molecule has 3 nitrogen and oxygen atoms in total. The molecule has 0 unspecified atom stereocenters. The molecule has 0 aliphatic heterocycles. The van der Waals surface area contributed by atoms with Crippen molar-refractivity contribution in [1.29, 1.82) is 0 Å². The summed E-state index contributed by atoms with van der Waals surface area (Å²) in [4.78, 5) is 4.23. The highest BCUT2D eigenvalue weighted by molar-refractivity contribution is 9.10. The third-order valence-electron chi connectivity index (χ3n) is 2.61. The Bertz CT molecular complexity index is 543. The van der Waals surface area contributed by atoms with Crippen LogP contribution >= 0.6 is 15.9 Å². The molecule has 0 fully saturated rings. The highest BCUT2D eigenvalue weighted by Gasteiger charge is 2.04. The van der Waals surface area contributed by atoms with Crippen molar-refractivity contribution in [1.82, 2.24) is 4.98 Å². The number of benzene rings is 1. The molecule has 0 aliphatic rings. The lowest BCUT2D eigenvalue weighted by molar-refractivity contribution is 0.307. The van der Waals surface area contributed by atoms with Gasteiger partial charge in [0.15, 0.2) is 0 Å². The van der Waals surface area contributed by atoms with E-state index in [0.29, 0.717) is 12.5 Å². The number of pyridine rings is 1. The normalized spacial score (nSPS) is 10.3. The van der Waals surface area contributed by atoms with Gasteiger partial charge in [-0.25, -0.2) is 4.98 Å². The van der Waals surface area contributed by atoms with Gasteiger partial charge >= 0.3 is 0 Å². The minimum absolute atomic E-state index is 0.558. The standard InChI is InChI=1S/C14H15BrN2O/c1-10-8-12(15)14(17-9-10)18-7-6-11-4-2-3-5-13(11)16/h2-5,8-9H,6-7,16H2,1H3. The summed E-state index contributed by atoms with van der Waals surface area (Å²) >= 11 is 3.44. The molecule has 1 aromatic heterocycles. The first kappa shape index (κ1) is 12.9. The van der Waals surface area contributed by atoms with Crippen molar-refractivity contribution in [2.75, 3.05) is 12.3 Å². The molecule has 0 saturated heterocycles. The van der Waals surface area contributed by atoms with Crippen LogP contribution in [0.4, 0.5) is 5.69 Å². The van der Waals surface area contributed by atoms with Crippen molar-refractivity contribution in [3.8, 4) is 5.88 Å². The molecule has 0 aliphatic carbocycles. The van der Waals surface area contributed by atoms with Gasteiger partial charge in [0.2, 0.25) is 5.88 Å². The number of nitrogens with two attached hydrogens (primary N) is 1. The maximum absolute atomic E-state index is 5.87. The van der Waals surface area contributed by atoms with Gasteiger partial charge in [0.05, 0.1) is 11.1 Å². The van der Waals surface area contributed by atoms with Gasteiger partial charge in [-0.15, -0.1) is 0 Å². The van der Waals surface area contributed by atoms with E-state index in [1.807, 2.05) is 37.3 Å². The number of para-hydroxylation sites is 1. The molecule has 0 saturated carbocycles. The summed E-state index contributed by atoms with van der Waals surface area (Å²) < 4.78 is 6.52. The van der Waals surface area contributed by atoms with Gasteiger partial charge in [-0.2, -0.15) is 0 Å². The van der Waals surface area contributed by atoms with E-state index in [2.05, 4.69) is 20.9 Å². The largest absolute Gasteiger partial charge is 0.477 e. The van der Waals surface area contributed by atoms with E-state index in [1.54, 1.807) is 6.20 Å². The summed E-state index contributed by atoms with van der Waals surface area (Å²) in [6.45, 7) is 2.55. The van der Waals surface area contributed by atoms with Crippen LogP contribution in [0.3, 0.4) is 0 Å². The Kier molecular flexibility index (Phi) is 4.20. The fourth-order valence-corrected chi connectivity index (χ4v) is 2.22. The maximum Gasteiger partial charge on any atom is 0.227 e. The van der Waals surface area contributed by atoms with E-state index in [-0.39, 0.29) is 0 Å². The first-order chi connectivity index (χ1) is 8.66. The predicted molar refractivity (Wildman–Crippen MR) is 76.7 cm³/mol. The van der Waals surface area contributed by atoms with E-state index in [4.69, 9.17) is 10.5 Å². The zero-order valence-electron chi connectivity index (χ0n) is 10.2. The summed E-state index contributed by atoms with van der Waals surface area (Å²) in [5.74, 6) is 0.620. The predicted octanol–water partition coefficient (Wildman–Crippen LogP) is 3.36. The van der Waals surface area contributed by atoms with Crippen LogP contribution in [0.2, 0.25) is 0 Å². The summed E-state index contributed by atoms with van der Waals surface area (Å²) in [7, 11) is 0. The lowest BCUT2D eigenvalue weighted by Gasteiger charge is -2.08. The van der Waals surface area contributed by atoms with Gasteiger partial charge in [0.25, 0.3) is 0 Å². The molecular weight excluding hydrogens is 292 g/mol. The van der Waals surface area contributed by atoms with Crippen molar-refractivity contribution in [3.63, 3.8) is 0 Å². The van der Waals surface area contributed by atoms with Crippen LogP contribution in [0.5, 0.6) is 5.88 Å². The molecule has 4 heteroatoms. The minimum Gasteiger partial charge on any atom is -0.477 e. The molecule has 1 aromatic carbocycles. The van der Waals surface area contributed by atoms with Crippen LogP contribution in [-0.2, 0) is 6.42 Å². The number of anilines is 1. The van der Waals surface area contributed by atoms with Gasteiger partial charge in [-0.3, -0.25) is 0 Å². The highest BCUT2D eigenvalue weighted by atomic mass is 79.9. The molecule has 0 amide bonds. The Balaban J connectivity index is 1.95. The molecule has 1 heterocycles. The Morgan fingerprint density at radius 3 is 2.83 bits per heavy atom. The summed E-state index contributed by atoms with van der Waals surface area (Å²) in [6.07, 6.45) is 2.56. The molecule has 0 bridgehead atoms. The van der Waals surface area contributed by atoms with Crippen molar-refractivity contribution in [2.24, 2.45) is 0 Å². The monoisotopic (exact) mass is 306 g/mol. The number of aryl methyl sites for hydroxylation is 1. The number of nitrogen functional groups attached to an aromatic ring is 1. The van der Waals surface area contributed by atoms with E-state index in [9.17, 15) is 0 Å². The molecule has 0 radical (unpaired) electrons. The first-order valence-corrected chi connectivity index (χ1v) is 6.54. The average molecular weight is 307 g/mol. The van der Waals surface area contributed by atoms with Crippen molar-refractivity contribution in [3.05, 3.63) is 52.1 Å². The Morgan fingerprint density at radius 1 is 1.33 bits per heavy atom. The molecule has 0 spiro atoms. The molecule has 18 heavy (non-hydrogen) atoms. The van der Waals surface area contributed by atoms with E-state index in [0.717, 1.165) is 27.7 Å². The fourth-order valence-electron chi connectivity index (χ4n) is 1.65. The number of halogens is 1. The summed E-state index contributed by atoms with van der Waals surface area (Å²) in [6, 6.07) is 9.80. The van der Waals surface area contributed by atoms with Gasteiger partial charge in [0.1, 0.15) is 0 Å². The molecule has 94 valence electrons. The lowest BCUT2D eigenvalue weighted by atomic mass is 10.1. The van der Waals surface area contributed by atoms with E-state index >= 15 is 0 Å². The number of ether oxygens (including phenoxy) is 1. The lowest BCUT2D eigenvalue weighted by Crippen LogP contribution is -2.05. The van der Waals surface area contributed by atoms with E-state index in [1.165, 1.54) is 0 Å². The van der Waals surface area contributed by atoms with Gasteiger partial charge in [0, 0.05) is 18.3 Å². The average Bonchev–Trinajstić information content (AvgIpc) is 2.34. The fraction of sp³-hybridized carbons (Fsp3) is 0.214. The van der Waals surface area contributed by atoms with Crippen molar-refractivity contribution >= 4 is 21.6 Å². The van der Waals surface area contributed by atoms with Crippen LogP contribution in [0, 0.1) is 6.92 Å². The number of rotatable bonds is 4. The smallest absolute Gasteiger partial charge is 0.227 e. The third kappa shape index (κ3) is 3.23. The second-order valence-corrected chi connectivity index (χ2v) is 4.95. The summed E-state index contributed by atoms with van der Waals surface area (Å²) in [5, 5.41) is 0. The van der Waals surface area contributed by atoms with Gasteiger partial charge in [-0.1, -0.05) is 18.2 Å². The van der Waals surface area contributed by atoms with Crippen molar-refractivity contribution < 1.29 is 4.74 Å². The van der Waals surface area contributed by atoms with Crippen LogP contribution in [0.25, 0.3) is 0 Å². The second-order valence-electron chi connectivity index (χ2n) is 4.10. The number of aromatic nitrogens is 1. The molecular formula is C14H15BrN2O. The number of nitrogens with zero attached hydrogens (tertiary/aromatic N) is 1. The van der Waals surface area contributed by atoms with Gasteiger partial charge < -0.3 is 10.5 Å². The Hall–Kier alpha value is -1.55. The SMILES string of the molecule is Cc1cnc(OCCc2ccccc2N)c(Br)c1. The number of hydrogen-bond acceptors (Lipinski definition) is 3. The van der Waals surface area contributed by atoms with Crippen molar-refractivity contribution in [2.45, 2.75) is 13.3 Å². The zero-order chi connectivity index (χ0) is 13.0. The molecule has 0 atom stereocenters. The van der Waals surface area contributed by atoms with Crippen LogP contribution < -0.4 is 10.5 Å². The number of hydrogen-bond donors (Lipinski definition) is 1.